The van der Waals surface area contributed by atoms with Crippen LogP contribution in [0.1, 0.15) is 16.3 Å². The number of fused-ring (bicyclic) bond motifs is 1. The molecule has 19 heavy (non-hydrogen) atoms. The van der Waals surface area contributed by atoms with Gasteiger partial charge in [0.25, 0.3) is 5.91 Å². The van der Waals surface area contributed by atoms with Crippen LogP contribution >= 0.6 is 0 Å². The van der Waals surface area contributed by atoms with E-state index in [0.717, 1.165) is 10.9 Å². The number of pyridine rings is 1. The van der Waals surface area contributed by atoms with Crippen LogP contribution in [0, 0.1) is 6.92 Å². The van der Waals surface area contributed by atoms with Crippen LogP contribution in [0.5, 0.6) is 0 Å². The van der Waals surface area contributed by atoms with Crippen molar-refractivity contribution in [3.05, 3.63) is 60.2 Å². The highest BCUT2D eigenvalue weighted by Crippen LogP contribution is 2.21. The van der Waals surface area contributed by atoms with Crippen molar-refractivity contribution >= 4 is 22.5 Å². The first kappa shape index (κ1) is 11.5. The third-order valence-electron chi connectivity index (χ3n) is 2.85. The summed E-state index contributed by atoms with van der Waals surface area (Å²) in [5.74, 6) is 0.734. The lowest BCUT2D eigenvalue weighted by molar-refractivity contribution is 0.0995. The molecule has 0 saturated heterocycles. The summed E-state index contributed by atoms with van der Waals surface area (Å²) in [4.78, 5) is 16.3. The summed E-state index contributed by atoms with van der Waals surface area (Å²) in [7, 11) is 0. The molecule has 0 unspecified atom stereocenters. The van der Waals surface area contributed by atoms with Crippen molar-refractivity contribution in [2.45, 2.75) is 6.92 Å². The van der Waals surface area contributed by atoms with Crippen molar-refractivity contribution in [2.24, 2.45) is 0 Å². The minimum Gasteiger partial charge on any atom is -0.456 e. The molecule has 0 spiro atoms. The lowest BCUT2D eigenvalue weighted by Crippen LogP contribution is -2.11. The van der Waals surface area contributed by atoms with Gasteiger partial charge in [-0.3, -0.25) is 9.78 Å². The molecular formula is C15H12N2O2. The number of para-hydroxylation sites is 1. The monoisotopic (exact) mass is 252 g/mol. The third-order valence-corrected chi connectivity index (χ3v) is 2.85. The number of benzene rings is 1. The summed E-state index contributed by atoms with van der Waals surface area (Å²) in [5, 5.41) is 3.80. The van der Waals surface area contributed by atoms with E-state index in [9.17, 15) is 4.79 Å². The zero-order valence-electron chi connectivity index (χ0n) is 10.4. The van der Waals surface area contributed by atoms with Crippen LogP contribution in [-0.2, 0) is 0 Å². The lowest BCUT2D eigenvalue weighted by Gasteiger charge is -2.06. The van der Waals surface area contributed by atoms with Gasteiger partial charge in [0, 0.05) is 11.6 Å². The second-order valence-electron chi connectivity index (χ2n) is 4.25. The number of carbonyl (C=O) groups is 1. The van der Waals surface area contributed by atoms with Crippen molar-refractivity contribution in [1.29, 1.82) is 0 Å². The molecule has 0 aliphatic heterocycles. The summed E-state index contributed by atoms with van der Waals surface area (Å²) in [5.41, 5.74) is 1.44. The number of nitrogens with zero attached hydrogens (tertiary/aromatic N) is 1. The third kappa shape index (κ3) is 2.20. The summed E-state index contributed by atoms with van der Waals surface area (Å²) in [6.45, 7) is 1.80. The normalized spacial score (nSPS) is 10.6. The standard InChI is InChI=1S/C15H12N2O2/c1-10-7-8-13(19-10)15(18)17-12-6-2-4-11-5-3-9-16-14(11)12/h2-9H,1H3,(H,17,18). The molecule has 0 saturated carbocycles. The Morgan fingerprint density at radius 2 is 2.00 bits per heavy atom. The fraction of sp³-hybridized carbons (Fsp3) is 0.0667. The Balaban J connectivity index is 1.95. The molecule has 3 aromatic rings. The average molecular weight is 252 g/mol. The molecule has 0 atom stereocenters. The average Bonchev–Trinajstić information content (AvgIpc) is 2.86. The maximum atomic E-state index is 12.0. The molecule has 0 radical (unpaired) electrons. The van der Waals surface area contributed by atoms with Crippen LogP contribution in [0.15, 0.2) is 53.1 Å². The molecule has 4 heteroatoms. The van der Waals surface area contributed by atoms with Crippen LogP contribution in [0.4, 0.5) is 5.69 Å². The molecule has 0 fully saturated rings. The van der Waals surface area contributed by atoms with E-state index in [0.29, 0.717) is 17.2 Å². The Morgan fingerprint density at radius 3 is 2.79 bits per heavy atom. The molecule has 0 bridgehead atoms. The molecule has 1 N–H and O–H groups in total. The molecule has 94 valence electrons. The van der Waals surface area contributed by atoms with Crippen molar-refractivity contribution in [3.63, 3.8) is 0 Å². The fourth-order valence-corrected chi connectivity index (χ4v) is 1.95. The second kappa shape index (κ2) is 4.57. The number of aryl methyl sites for hydroxylation is 1. The van der Waals surface area contributed by atoms with Crippen molar-refractivity contribution < 1.29 is 9.21 Å². The lowest BCUT2D eigenvalue weighted by atomic mass is 10.2. The van der Waals surface area contributed by atoms with Gasteiger partial charge in [-0.05, 0) is 31.2 Å². The second-order valence-corrected chi connectivity index (χ2v) is 4.25. The Morgan fingerprint density at radius 1 is 1.16 bits per heavy atom. The summed E-state index contributed by atoms with van der Waals surface area (Å²) >= 11 is 0. The van der Waals surface area contributed by atoms with Crippen LogP contribution < -0.4 is 5.32 Å². The van der Waals surface area contributed by atoms with Crippen LogP contribution in [0.25, 0.3) is 10.9 Å². The molecule has 3 rings (SSSR count). The summed E-state index contributed by atoms with van der Waals surface area (Å²) < 4.78 is 5.30. The number of aromatic nitrogens is 1. The highest BCUT2D eigenvalue weighted by molar-refractivity contribution is 6.06. The quantitative estimate of drug-likeness (QED) is 0.760. The fourth-order valence-electron chi connectivity index (χ4n) is 1.95. The van der Waals surface area contributed by atoms with E-state index < -0.39 is 0 Å². The number of nitrogens with one attached hydrogen (secondary N) is 1. The van der Waals surface area contributed by atoms with Gasteiger partial charge in [0.1, 0.15) is 5.76 Å². The highest BCUT2D eigenvalue weighted by Gasteiger charge is 2.11. The Labute approximate surface area is 110 Å². The number of amides is 1. The number of rotatable bonds is 2. The minimum absolute atomic E-state index is 0.272. The Bertz CT molecular complexity index is 741. The molecule has 0 aliphatic rings. The van der Waals surface area contributed by atoms with Gasteiger partial charge in [0.2, 0.25) is 0 Å². The number of carbonyl (C=O) groups excluding carboxylic acids is 1. The predicted octanol–water partition coefficient (Wildman–Crippen LogP) is 3.39. The van der Waals surface area contributed by atoms with Crippen molar-refractivity contribution in [3.8, 4) is 0 Å². The minimum atomic E-state index is -0.272. The van der Waals surface area contributed by atoms with Gasteiger partial charge in [-0.2, -0.15) is 0 Å². The molecule has 1 amide bonds. The van der Waals surface area contributed by atoms with E-state index in [1.807, 2.05) is 30.3 Å². The van der Waals surface area contributed by atoms with Crippen molar-refractivity contribution in [1.82, 2.24) is 4.98 Å². The van der Waals surface area contributed by atoms with Gasteiger partial charge >= 0.3 is 0 Å². The van der Waals surface area contributed by atoms with Crippen LogP contribution in [-0.4, -0.2) is 10.9 Å². The molecule has 0 aliphatic carbocycles. The van der Waals surface area contributed by atoms with Gasteiger partial charge in [-0.15, -0.1) is 0 Å². The maximum absolute atomic E-state index is 12.0. The van der Waals surface area contributed by atoms with E-state index in [1.54, 1.807) is 25.3 Å². The Kier molecular flexibility index (Phi) is 2.76. The number of anilines is 1. The summed E-state index contributed by atoms with van der Waals surface area (Å²) in [6, 6.07) is 12.9. The number of hydrogen-bond acceptors (Lipinski definition) is 3. The van der Waals surface area contributed by atoms with E-state index >= 15 is 0 Å². The first-order valence-corrected chi connectivity index (χ1v) is 5.95. The van der Waals surface area contributed by atoms with E-state index in [1.165, 1.54) is 0 Å². The SMILES string of the molecule is Cc1ccc(C(=O)Nc2cccc3cccnc23)o1. The number of hydrogen-bond donors (Lipinski definition) is 1. The van der Waals surface area contributed by atoms with Gasteiger partial charge in [0.15, 0.2) is 5.76 Å². The summed E-state index contributed by atoms with van der Waals surface area (Å²) in [6.07, 6.45) is 1.70. The molecule has 2 aromatic heterocycles. The zero-order valence-corrected chi connectivity index (χ0v) is 10.4. The van der Waals surface area contributed by atoms with Crippen LogP contribution in [0.3, 0.4) is 0 Å². The maximum Gasteiger partial charge on any atom is 0.291 e. The predicted molar refractivity (Wildman–Crippen MR) is 73.1 cm³/mol. The molecule has 1 aromatic carbocycles. The molecular weight excluding hydrogens is 240 g/mol. The zero-order chi connectivity index (χ0) is 13.2. The topological polar surface area (TPSA) is 55.1 Å². The van der Waals surface area contributed by atoms with Crippen molar-refractivity contribution in [2.75, 3.05) is 5.32 Å². The van der Waals surface area contributed by atoms with Gasteiger partial charge in [0.05, 0.1) is 11.2 Å². The van der Waals surface area contributed by atoms with Gasteiger partial charge < -0.3 is 9.73 Å². The molecule has 4 nitrogen and oxygen atoms in total. The smallest absolute Gasteiger partial charge is 0.291 e. The van der Waals surface area contributed by atoms with E-state index in [2.05, 4.69) is 10.3 Å². The van der Waals surface area contributed by atoms with Gasteiger partial charge in [-0.25, -0.2) is 0 Å². The first-order valence-electron chi connectivity index (χ1n) is 5.95. The first-order chi connectivity index (χ1) is 9.24. The molecule has 2 heterocycles. The number of furan rings is 1. The van der Waals surface area contributed by atoms with E-state index in [4.69, 9.17) is 4.42 Å². The largest absolute Gasteiger partial charge is 0.456 e. The van der Waals surface area contributed by atoms with Crippen LogP contribution in [0.2, 0.25) is 0 Å². The Hall–Kier alpha value is -2.62. The van der Waals surface area contributed by atoms with Gasteiger partial charge in [-0.1, -0.05) is 18.2 Å². The van der Waals surface area contributed by atoms with E-state index in [-0.39, 0.29) is 5.91 Å². The highest BCUT2D eigenvalue weighted by atomic mass is 16.3.